The molecule has 0 amide bonds. The molecule has 0 atom stereocenters. The molecule has 38 heavy (non-hydrogen) atoms. The minimum Gasteiger partial charge on any atom is -0.741 e. The summed E-state index contributed by atoms with van der Waals surface area (Å²) in [5, 5.41) is 0. The average molecular weight is 797 g/mol. The number of halogens is 6. The molecule has 1 rings (SSSR count). The summed E-state index contributed by atoms with van der Waals surface area (Å²) < 4.78 is 129. The van der Waals surface area contributed by atoms with Crippen LogP contribution in [0.5, 0.6) is 0 Å². The average Bonchev–Trinajstić information content (AvgIpc) is 3.02. The molecule has 0 aliphatic heterocycles. The molecule has 0 radical (unpaired) electrons. The van der Waals surface area contributed by atoms with Crippen LogP contribution in [0.3, 0.4) is 0 Å². The van der Waals surface area contributed by atoms with E-state index in [4.69, 9.17) is 25.9 Å². The summed E-state index contributed by atoms with van der Waals surface area (Å²) >= 11 is 0. The van der Waals surface area contributed by atoms with Gasteiger partial charge in [-0.05, 0) is 6.07 Å². The van der Waals surface area contributed by atoms with Crippen molar-refractivity contribution in [2.45, 2.75) is 11.0 Å². The second-order valence-corrected chi connectivity index (χ2v) is 7.68. The van der Waals surface area contributed by atoms with E-state index >= 15 is 0 Å². The normalized spacial score (nSPS) is 10.6. The Morgan fingerprint density at radius 1 is 0.842 bits per heavy atom. The van der Waals surface area contributed by atoms with Crippen LogP contribution in [0.15, 0.2) is 24.5 Å². The first-order valence-electron chi connectivity index (χ1n) is 7.13. The topological polar surface area (TPSA) is 347 Å². The monoisotopic (exact) mass is 798 g/mol. The zero-order valence-corrected chi connectivity index (χ0v) is 24.0. The second kappa shape index (κ2) is 21.7. The van der Waals surface area contributed by atoms with Crippen LogP contribution in [0, 0.1) is 0 Å². The molecule has 0 spiro atoms. The summed E-state index contributed by atoms with van der Waals surface area (Å²) in [7, 11) is -7.86. The number of aromatic nitrogens is 1. The van der Waals surface area contributed by atoms with Crippen molar-refractivity contribution in [3.05, 3.63) is 30.1 Å². The third kappa shape index (κ3) is 21.8. The first-order valence-corrected chi connectivity index (χ1v) is 9.94. The van der Waals surface area contributed by atoms with Gasteiger partial charge in [0.1, 0.15) is 0 Å². The van der Waals surface area contributed by atoms with E-state index in [1.165, 1.54) is 14.2 Å². The van der Waals surface area contributed by atoms with Gasteiger partial charge in [0.15, 0.2) is 20.2 Å². The first-order chi connectivity index (χ1) is 14.1. The van der Waals surface area contributed by atoms with Gasteiger partial charge < -0.3 is 53.9 Å². The maximum atomic E-state index is 11.5. The third-order valence-electron chi connectivity index (χ3n) is 2.58. The van der Waals surface area contributed by atoms with Crippen LogP contribution in [-0.4, -0.2) is 67.7 Å². The zero-order valence-electron chi connectivity index (χ0n) is 19.8. The Hall–Kier alpha value is -2.20. The summed E-state index contributed by atoms with van der Waals surface area (Å²) in [5.74, 6) is -1.17. The standard InChI is InChI=1S/C11H13NO4.2CHF3O3S.5H3N.Os/c1-12-5-4-8(7-12)9(11(14)16-3)6-10(13)15-2;2*2-1(3,4)8(5,6)7;;;;;;/h4-7H,1-3H3;2*(H,5,6,7);5*1H3;/q;;;;;;;;+2/p-2/b9-6-;;;;;;;;. The molecule has 0 unspecified atom stereocenters. The van der Waals surface area contributed by atoms with Gasteiger partial charge in [-0.2, -0.15) is 26.3 Å². The van der Waals surface area contributed by atoms with Gasteiger partial charge in [0, 0.05) is 31.1 Å². The van der Waals surface area contributed by atoms with Gasteiger partial charge in [-0.1, -0.05) is 0 Å². The van der Waals surface area contributed by atoms with Crippen LogP contribution >= 0.6 is 0 Å². The van der Waals surface area contributed by atoms with Gasteiger partial charge >= 0.3 is 42.7 Å². The first kappa shape index (κ1) is 56.1. The number of aryl methyl sites for hydroxylation is 1. The molecular weight excluding hydrogens is 769 g/mol. The number of ether oxygens (including phenoxy) is 2. The minimum absolute atomic E-state index is 0. The van der Waals surface area contributed by atoms with Crippen molar-refractivity contribution < 1.29 is 91.1 Å². The van der Waals surface area contributed by atoms with Gasteiger partial charge in [-0.3, -0.25) is 0 Å². The van der Waals surface area contributed by atoms with Crippen molar-refractivity contribution in [2.24, 2.45) is 7.05 Å². The fraction of sp³-hybridized carbons (Fsp3) is 0.385. The molecule has 16 nitrogen and oxygen atoms in total. The quantitative estimate of drug-likeness (QED) is 0.0955. The molecule has 0 aliphatic rings. The molecular formula is C13H28F6N6O10OsS2. The van der Waals surface area contributed by atoms with Crippen LogP contribution in [0.1, 0.15) is 5.56 Å². The van der Waals surface area contributed by atoms with E-state index in [1.54, 1.807) is 23.0 Å². The van der Waals surface area contributed by atoms with Crippen molar-refractivity contribution >= 4 is 37.7 Å². The molecule has 0 aliphatic carbocycles. The predicted octanol–water partition coefficient (Wildman–Crippen LogP) is 1.66. The number of rotatable bonds is 3. The number of esters is 2. The maximum absolute atomic E-state index is 11.5. The van der Waals surface area contributed by atoms with Gasteiger partial charge in [-0.25, -0.2) is 26.4 Å². The molecule has 0 bridgehead atoms. The van der Waals surface area contributed by atoms with Crippen molar-refractivity contribution in [3.8, 4) is 0 Å². The van der Waals surface area contributed by atoms with Crippen molar-refractivity contribution in [1.29, 1.82) is 0 Å². The number of hydrogen-bond acceptors (Lipinski definition) is 15. The Labute approximate surface area is 226 Å². The Balaban J connectivity index is -0.0000000597. The van der Waals surface area contributed by atoms with Crippen LogP contribution in [0.4, 0.5) is 26.3 Å². The fourth-order valence-electron chi connectivity index (χ4n) is 1.21. The van der Waals surface area contributed by atoms with E-state index in [0.29, 0.717) is 5.56 Å². The van der Waals surface area contributed by atoms with Crippen molar-refractivity contribution in [3.63, 3.8) is 0 Å². The van der Waals surface area contributed by atoms with E-state index in [1.807, 2.05) is 7.05 Å². The second-order valence-electron chi connectivity index (χ2n) is 4.94. The molecule has 232 valence electrons. The van der Waals surface area contributed by atoms with Crippen molar-refractivity contribution in [2.75, 3.05) is 14.2 Å². The summed E-state index contributed by atoms with van der Waals surface area (Å²) in [6.45, 7) is 0. The Morgan fingerprint density at radius 3 is 1.34 bits per heavy atom. The van der Waals surface area contributed by atoms with Gasteiger partial charge in [-0.15, -0.1) is 0 Å². The van der Waals surface area contributed by atoms with E-state index in [9.17, 15) is 35.9 Å². The minimum atomic E-state index is -6.09. The summed E-state index contributed by atoms with van der Waals surface area (Å²) in [6, 6.07) is 1.71. The fourth-order valence-corrected chi connectivity index (χ4v) is 1.21. The van der Waals surface area contributed by atoms with Crippen LogP contribution in [-0.2, 0) is 66.1 Å². The zero-order chi connectivity index (χ0) is 26.1. The summed E-state index contributed by atoms with van der Waals surface area (Å²) in [4.78, 5) is 22.6. The molecule has 0 aromatic carbocycles. The number of carbonyl (C=O) groups excluding carboxylic acids is 2. The molecule has 0 fully saturated rings. The summed E-state index contributed by atoms with van der Waals surface area (Å²) in [5.41, 5.74) is -10.5. The van der Waals surface area contributed by atoms with Crippen LogP contribution in [0.2, 0.25) is 0 Å². The maximum Gasteiger partial charge on any atom is 2.00 e. The third-order valence-corrected chi connectivity index (χ3v) is 3.71. The number of carbonyl (C=O) groups is 2. The number of nitrogens with zero attached hydrogens (tertiary/aromatic N) is 1. The van der Waals surface area contributed by atoms with Gasteiger partial charge in [0.2, 0.25) is 0 Å². The molecule has 0 saturated heterocycles. The Bertz CT molecular complexity index is 1000. The van der Waals surface area contributed by atoms with Crippen LogP contribution in [0.25, 0.3) is 5.57 Å². The number of alkyl halides is 6. The number of methoxy groups -OCH3 is 2. The molecule has 15 N–H and O–H groups in total. The molecule has 1 aromatic heterocycles. The summed E-state index contributed by atoms with van der Waals surface area (Å²) in [6.07, 6.45) is 4.59. The number of hydrogen-bond donors (Lipinski definition) is 5. The molecule has 0 saturated carbocycles. The van der Waals surface area contributed by atoms with Crippen molar-refractivity contribution in [1.82, 2.24) is 35.3 Å². The van der Waals surface area contributed by atoms with E-state index in [2.05, 4.69) is 9.47 Å². The SMILES string of the molecule is COC(=O)/C=C(\C(=O)OC)c1ccn(C)c1.N.N.N.N.N.O=S(=O)([O-])C(F)(F)F.O=S(=O)([O-])C(F)(F)F.[Os+2]. The Kier molecular flexibility index (Phi) is 32.0. The smallest absolute Gasteiger partial charge is 0.741 e. The Morgan fingerprint density at radius 2 is 1.16 bits per heavy atom. The van der Waals surface area contributed by atoms with E-state index in [0.717, 1.165) is 6.08 Å². The molecule has 25 heteroatoms. The van der Waals surface area contributed by atoms with E-state index < -0.39 is 43.2 Å². The van der Waals surface area contributed by atoms with E-state index in [-0.39, 0.29) is 56.1 Å². The van der Waals surface area contributed by atoms with Crippen LogP contribution < -0.4 is 30.8 Å². The largest absolute Gasteiger partial charge is 2.00 e. The predicted molar refractivity (Wildman–Crippen MR) is 114 cm³/mol. The molecule has 1 heterocycles. The molecule has 1 aromatic rings. The van der Waals surface area contributed by atoms with Gasteiger partial charge in [0.25, 0.3) is 0 Å². The van der Waals surface area contributed by atoms with Gasteiger partial charge in [0.05, 0.1) is 19.8 Å².